The van der Waals surface area contributed by atoms with Crippen molar-refractivity contribution in [2.45, 2.75) is 52.3 Å². The normalized spacial score (nSPS) is 23.8. The van der Waals surface area contributed by atoms with Gasteiger partial charge in [-0.3, -0.25) is 4.90 Å². The molecule has 4 nitrogen and oxygen atoms in total. The lowest BCUT2D eigenvalue weighted by molar-refractivity contribution is 0.138. The van der Waals surface area contributed by atoms with Crippen LogP contribution in [0, 0.1) is 5.41 Å². The van der Waals surface area contributed by atoms with Crippen LogP contribution in [0.2, 0.25) is 0 Å². The Morgan fingerprint density at radius 2 is 1.85 bits per heavy atom. The maximum absolute atomic E-state index is 12.6. The fourth-order valence-electron chi connectivity index (χ4n) is 2.85. The highest BCUT2D eigenvalue weighted by atomic mass is 32.2. The SMILES string of the molecule is CC(C)N1CC(S(=O)(=O)N2CC=C(C(C)(C)C)CC2)C1. The van der Waals surface area contributed by atoms with E-state index in [1.54, 1.807) is 4.31 Å². The molecule has 0 aromatic carbocycles. The van der Waals surface area contributed by atoms with Gasteiger partial charge in [-0.2, -0.15) is 4.31 Å². The van der Waals surface area contributed by atoms with Crippen LogP contribution < -0.4 is 0 Å². The molecule has 1 saturated heterocycles. The van der Waals surface area contributed by atoms with E-state index in [4.69, 9.17) is 0 Å². The van der Waals surface area contributed by atoms with Crippen molar-refractivity contribution in [2.24, 2.45) is 5.41 Å². The van der Waals surface area contributed by atoms with E-state index < -0.39 is 10.0 Å². The Hall–Kier alpha value is -0.390. The summed E-state index contributed by atoms with van der Waals surface area (Å²) in [5, 5.41) is -0.200. The summed E-state index contributed by atoms with van der Waals surface area (Å²) in [6.07, 6.45) is 2.98. The lowest BCUT2D eigenvalue weighted by Gasteiger charge is -2.43. The molecule has 0 bridgehead atoms. The van der Waals surface area contributed by atoms with Gasteiger partial charge in [0.1, 0.15) is 5.25 Å². The maximum Gasteiger partial charge on any atom is 0.219 e. The quantitative estimate of drug-likeness (QED) is 0.749. The van der Waals surface area contributed by atoms with Crippen LogP contribution in [0.15, 0.2) is 11.6 Å². The van der Waals surface area contributed by atoms with Crippen molar-refractivity contribution in [2.75, 3.05) is 26.2 Å². The van der Waals surface area contributed by atoms with Crippen molar-refractivity contribution in [3.05, 3.63) is 11.6 Å². The van der Waals surface area contributed by atoms with Gasteiger partial charge < -0.3 is 0 Å². The van der Waals surface area contributed by atoms with Crippen LogP contribution in [0.25, 0.3) is 0 Å². The second-order valence-electron chi connectivity index (χ2n) is 7.30. The first-order valence-electron chi connectivity index (χ1n) is 7.55. The van der Waals surface area contributed by atoms with Crippen LogP contribution in [0.1, 0.15) is 41.0 Å². The molecule has 0 aliphatic carbocycles. The Morgan fingerprint density at radius 1 is 1.25 bits per heavy atom. The van der Waals surface area contributed by atoms with Crippen LogP contribution in [-0.4, -0.2) is 55.1 Å². The first kappa shape index (κ1) is 16.0. The molecule has 0 spiro atoms. The predicted octanol–water partition coefficient (Wildman–Crippen LogP) is 2.09. The Kier molecular flexibility index (Phi) is 4.34. The van der Waals surface area contributed by atoms with Crippen LogP contribution in [0.3, 0.4) is 0 Å². The van der Waals surface area contributed by atoms with Gasteiger partial charge in [-0.15, -0.1) is 0 Å². The molecule has 1 fully saturated rings. The van der Waals surface area contributed by atoms with Gasteiger partial charge in [0.15, 0.2) is 0 Å². The highest BCUT2D eigenvalue weighted by Gasteiger charge is 2.42. The standard InChI is InChI=1S/C15H28N2O2S/c1-12(2)16-10-14(11-16)20(18,19)17-8-6-13(7-9-17)15(3,4)5/h6,12,14H,7-11H2,1-5H3. The molecule has 0 aromatic heterocycles. The molecule has 0 saturated carbocycles. The first-order chi connectivity index (χ1) is 9.12. The van der Waals surface area contributed by atoms with E-state index in [0.717, 1.165) is 6.42 Å². The van der Waals surface area contributed by atoms with Crippen molar-refractivity contribution in [1.29, 1.82) is 0 Å². The van der Waals surface area contributed by atoms with Crippen molar-refractivity contribution in [1.82, 2.24) is 9.21 Å². The van der Waals surface area contributed by atoms with Crippen LogP contribution in [0.5, 0.6) is 0 Å². The fourth-order valence-corrected chi connectivity index (χ4v) is 4.66. The van der Waals surface area contributed by atoms with Crippen molar-refractivity contribution in [3.8, 4) is 0 Å². The fraction of sp³-hybridized carbons (Fsp3) is 0.867. The summed E-state index contributed by atoms with van der Waals surface area (Å²) in [7, 11) is -3.11. The van der Waals surface area contributed by atoms with E-state index in [9.17, 15) is 8.42 Å². The lowest BCUT2D eigenvalue weighted by atomic mass is 9.83. The summed E-state index contributed by atoms with van der Waals surface area (Å²) in [6, 6.07) is 0.440. The molecule has 20 heavy (non-hydrogen) atoms. The first-order valence-corrected chi connectivity index (χ1v) is 9.05. The average Bonchev–Trinajstić information content (AvgIpc) is 2.25. The number of hydrogen-bond acceptors (Lipinski definition) is 3. The molecule has 0 aromatic rings. The molecule has 2 aliphatic heterocycles. The topological polar surface area (TPSA) is 40.6 Å². The molecule has 0 radical (unpaired) electrons. The van der Waals surface area contributed by atoms with E-state index >= 15 is 0 Å². The molecule has 2 aliphatic rings. The molecule has 116 valence electrons. The number of sulfonamides is 1. The summed E-state index contributed by atoms with van der Waals surface area (Å²) in [5.74, 6) is 0. The molecule has 0 amide bonds. The second kappa shape index (κ2) is 5.43. The highest BCUT2D eigenvalue weighted by molar-refractivity contribution is 7.89. The van der Waals surface area contributed by atoms with Crippen LogP contribution >= 0.6 is 0 Å². The zero-order chi connectivity index (χ0) is 15.1. The molecule has 0 atom stereocenters. The van der Waals surface area contributed by atoms with Gasteiger partial charge >= 0.3 is 0 Å². The zero-order valence-corrected chi connectivity index (χ0v) is 14.2. The minimum Gasteiger partial charge on any atom is -0.298 e. The highest BCUT2D eigenvalue weighted by Crippen LogP contribution is 2.32. The van der Waals surface area contributed by atoms with Gasteiger partial charge in [0.2, 0.25) is 10.0 Å². The molecule has 0 unspecified atom stereocenters. The molecule has 2 heterocycles. The maximum atomic E-state index is 12.6. The monoisotopic (exact) mass is 300 g/mol. The summed E-state index contributed by atoms with van der Waals surface area (Å²) in [4.78, 5) is 2.21. The number of hydrogen-bond donors (Lipinski definition) is 0. The van der Waals surface area contributed by atoms with E-state index in [-0.39, 0.29) is 10.7 Å². The third-order valence-corrected chi connectivity index (χ3v) is 6.71. The summed E-state index contributed by atoms with van der Waals surface area (Å²) >= 11 is 0. The Morgan fingerprint density at radius 3 is 2.25 bits per heavy atom. The molecule has 2 rings (SSSR count). The van der Waals surface area contributed by atoms with Gasteiger partial charge in [-0.1, -0.05) is 32.4 Å². The Labute approximate surface area is 123 Å². The zero-order valence-electron chi connectivity index (χ0n) is 13.4. The number of nitrogens with zero attached hydrogens (tertiary/aromatic N) is 2. The van der Waals surface area contributed by atoms with E-state index in [0.29, 0.717) is 32.2 Å². The van der Waals surface area contributed by atoms with Crippen molar-refractivity contribution >= 4 is 10.0 Å². The van der Waals surface area contributed by atoms with E-state index in [1.165, 1.54) is 5.57 Å². The van der Waals surface area contributed by atoms with Crippen LogP contribution in [0.4, 0.5) is 0 Å². The second-order valence-corrected chi connectivity index (χ2v) is 9.51. The molecular formula is C15H28N2O2S. The summed E-state index contributed by atoms with van der Waals surface area (Å²) < 4.78 is 26.8. The third-order valence-electron chi connectivity index (χ3n) is 4.52. The molecule has 5 heteroatoms. The largest absolute Gasteiger partial charge is 0.298 e. The molecule has 0 N–H and O–H groups in total. The number of likely N-dealkylation sites (tertiary alicyclic amines) is 1. The van der Waals surface area contributed by atoms with E-state index in [2.05, 4.69) is 45.6 Å². The van der Waals surface area contributed by atoms with Crippen molar-refractivity contribution in [3.63, 3.8) is 0 Å². The Bertz CT molecular complexity index is 482. The van der Waals surface area contributed by atoms with Gasteiger partial charge in [-0.25, -0.2) is 8.42 Å². The van der Waals surface area contributed by atoms with Gasteiger partial charge in [-0.05, 0) is 25.7 Å². The Balaban J connectivity index is 1.99. The minimum atomic E-state index is -3.11. The third kappa shape index (κ3) is 3.10. The average molecular weight is 300 g/mol. The van der Waals surface area contributed by atoms with E-state index in [1.807, 2.05) is 0 Å². The van der Waals surface area contributed by atoms with Crippen molar-refractivity contribution < 1.29 is 8.42 Å². The van der Waals surface area contributed by atoms with Gasteiger partial charge in [0.25, 0.3) is 0 Å². The predicted molar refractivity (Wildman–Crippen MR) is 83.1 cm³/mol. The van der Waals surface area contributed by atoms with Gasteiger partial charge in [0.05, 0.1) is 0 Å². The van der Waals surface area contributed by atoms with Gasteiger partial charge in [0, 0.05) is 32.2 Å². The number of rotatable bonds is 3. The summed E-state index contributed by atoms with van der Waals surface area (Å²) in [5.41, 5.74) is 1.53. The lowest BCUT2D eigenvalue weighted by Crippen LogP contribution is -2.60. The molecular weight excluding hydrogens is 272 g/mol. The summed E-state index contributed by atoms with van der Waals surface area (Å²) in [6.45, 7) is 13.4. The smallest absolute Gasteiger partial charge is 0.219 e. The minimum absolute atomic E-state index is 0.154. The van der Waals surface area contributed by atoms with Crippen LogP contribution in [-0.2, 0) is 10.0 Å².